The molecule has 60 valence electrons. The minimum atomic E-state index is -1.33. The lowest BCUT2D eigenvalue weighted by Gasteiger charge is -2.05. The van der Waals surface area contributed by atoms with Crippen molar-refractivity contribution in [2.45, 2.75) is 38.5 Å². The first-order chi connectivity index (χ1) is 4.73. The van der Waals surface area contributed by atoms with E-state index >= 15 is 0 Å². The maximum Gasteiger partial charge on any atom is 0.402 e. The molecule has 0 aliphatic heterocycles. The van der Waals surface area contributed by atoms with Crippen LogP contribution in [0.5, 0.6) is 0 Å². The lowest BCUT2D eigenvalue weighted by molar-refractivity contribution is 0.205. The second-order valence-corrected chi connectivity index (χ2v) is 2.46. The predicted octanol–water partition coefficient (Wildman–Crippen LogP) is 1.96. The summed E-state index contributed by atoms with van der Waals surface area (Å²) in [6, 6.07) is 0. The number of hydrogen-bond donors (Lipinski definition) is 2. The van der Waals surface area contributed by atoms with Crippen molar-refractivity contribution in [3.05, 3.63) is 0 Å². The number of amides is 1. The van der Waals surface area contributed by atoms with E-state index in [9.17, 15) is 0 Å². The molecular formula is C7H15NO2. The fourth-order valence-corrected chi connectivity index (χ4v) is 1.06. The molecular weight excluding hydrogens is 130 g/mol. The van der Waals surface area contributed by atoms with Crippen molar-refractivity contribution in [2.24, 2.45) is 5.73 Å². The highest BCUT2D eigenvalue weighted by Crippen LogP contribution is 2.15. The van der Waals surface area contributed by atoms with Crippen LogP contribution in [-0.2, 0) is 0 Å². The van der Waals surface area contributed by atoms with Gasteiger partial charge in [0.05, 0.1) is 0 Å². The Bertz CT molecular complexity index is 74.1. The summed E-state index contributed by atoms with van der Waals surface area (Å²) in [5.41, 5.74) is 4.03. The van der Waals surface area contributed by atoms with Crippen molar-refractivity contribution in [1.29, 1.82) is 0 Å². The summed E-state index contributed by atoms with van der Waals surface area (Å²) in [5, 5.41) is 7.19. The van der Waals surface area contributed by atoms with Crippen LogP contribution in [0.2, 0.25) is 0 Å². The first kappa shape index (κ1) is 9.27. The molecule has 3 nitrogen and oxygen atoms in total. The van der Waals surface area contributed by atoms with E-state index in [4.69, 9.17) is 9.90 Å². The third-order valence-corrected chi connectivity index (χ3v) is 1.50. The molecule has 0 heterocycles. The zero-order chi connectivity index (χ0) is 7.82. The molecule has 1 fully saturated rings. The van der Waals surface area contributed by atoms with Crippen LogP contribution >= 0.6 is 0 Å². The number of rotatable bonds is 0. The van der Waals surface area contributed by atoms with Crippen molar-refractivity contribution < 1.29 is 9.90 Å². The topological polar surface area (TPSA) is 63.3 Å². The van der Waals surface area contributed by atoms with Gasteiger partial charge in [-0.3, -0.25) is 0 Å². The van der Waals surface area contributed by atoms with Gasteiger partial charge < -0.3 is 10.8 Å². The van der Waals surface area contributed by atoms with Crippen molar-refractivity contribution in [3.8, 4) is 0 Å². The van der Waals surface area contributed by atoms with E-state index in [1.54, 1.807) is 0 Å². The lowest BCUT2D eigenvalue weighted by Crippen LogP contribution is -2.03. The van der Waals surface area contributed by atoms with Gasteiger partial charge in [0.25, 0.3) is 0 Å². The minimum Gasteiger partial charge on any atom is -0.465 e. The molecule has 3 N–H and O–H groups in total. The molecule has 0 aromatic heterocycles. The van der Waals surface area contributed by atoms with E-state index in [-0.39, 0.29) is 0 Å². The van der Waals surface area contributed by atoms with E-state index in [0.29, 0.717) is 0 Å². The van der Waals surface area contributed by atoms with Crippen LogP contribution in [0.25, 0.3) is 0 Å². The number of nitrogens with two attached hydrogens (primary N) is 1. The maximum absolute atomic E-state index is 8.78. The molecule has 0 atom stereocenters. The normalized spacial score (nSPS) is 16.8. The smallest absolute Gasteiger partial charge is 0.402 e. The number of primary amides is 1. The molecule has 1 saturated carbocycles. The molecule has 1 aliphatic rings. The molecule has 0 aromatic rings. The maximum atomic E-state index is 8.78. The average molecular weight is 145 g/mol. The van der Waals surface area contributed by atoms with E-state index in [1.165, 1.54) is 38.5 Å². The summed E-state index contributed by atoms with van der Waals surface area (Å²) in [7, 11) is 0. The quantitative estimate of drug-likeness (QED) is 0.547. The molecule has 0 spiro atoms. The van der Waals surface area contributed by atoms with Crippen molar-refractivity contribution in [3.63, 3.8) is 0 Å². The lowest BCUT2D eigenvalue weighted by atomic mass is 10.0. The van der Waals surface area contributed by atoms with Crippen LogP contribution in [-0.4, -0.2) is 11.2 Å². The third kappa shape index (κ3) is 10.3. The fourth-order valence-electron chi connectivity index (χ4n) is 1.06. The Labute approximate surface area is 61.2 Å². The highest BCUT2D eigenvalue weighted by atomic mass is 16.4. The number of hydrogen-bond acceptors (Lipinski definition) is 1. The van der Waals surface area contributed by atoms with E-state index < -0.39 is 6.09 Å². The molecule has 0 saturated heterocycles. The summed E-state index contributed by atoms with van der Waals surface area (Å²) in [6.07, 6.45) is 7.67. The Hall–Kier alpha value is -0.730. The summed E-state index contributed by atoms with van der Waals surface area (Å²) >= 11 is 0. The van der Waals surface area contributed by atoms with Crippen LogP contribution in [0, 0.1) is 0 Å². The second-order valence-electron chi connectivity index (χ2n) is 2.46. The van der Waals surface area contributed by atoms with Gasteiger partial charge in [0, 0.05) is 0 Å². The summed E-state index contributed by atoms with van der Waals surface area (Å²) in [5.74, 6) is 0. The highest BCUT2D eigenvalue weighted by molar-refractivity contribution is 5.61. The van der Waals surface area contributed by atoms with Crippen LogP contribution < -0.4 is 5.73 Å². The van der Waals surface area contributed by atoms with Crippen LogP contribution in [0.15, 0.2) is 0 Å². The SMILES string of the molecule is C1CCCCC1.NC(=O)O. The fraction of sp³-hybridized carbons (Fsp3) is 0.857. The van der Waals surface area contributed by atoms with Gasteiger partial charge in [0.1, 0.15) is 0 Å². The summed E-state index contributed by atoms with van der Waals surface area (Å²) in [6.45, 7) is 0. The molecule has 3 heteroatoms. The first-order valence-electron chi connectivity index (χ1n) is 3.72. The molecule has 1 amide bonds. The van der Waals surface area contributed by atoms with E-state index in [0.717, 1.165) is 0 Å². The monoisotopic (exact) mass is 145 g/mol. The Kier molecular flexibility index (Phi) is 5.92. The van der Waals surface area contributed by atoms with Gasteiger partial charge in [-0.15, -0.1) is 0 Å². The number of carbonyl (C=O) groups is 1. The minimum absolute atomic E-state index is 1.33. The molecule has 0 unspecified atom stereocenters. The van der Waals surface area contributed by atoms with Crippen LogP contribution in [0.4, 0.5) is 4.79 Å². The van der Waals surface area contributed by atoms with Gasteiger partial charge >= 0.3 is 6.09 Å². The van der Waals surface area contributed by atoms with Crippen molar-refractivity contribution >= 4 is 6.09 Å². The zero-order valence-electron chi connectivity index (χ0n) is 6.18. The third-order valence-electron chi connectivity index (χ3n) is 1.50. The highest BCUT2D eigenvalue weighted by Gasteiger charge is 1.95. The largest absolute Gasteiger partial charge is 0.465 e. The standard InChI is InChI=1S/C6H12.CH3NO2/c1-2-4-6-5-3-1;2-1(3)4/h1-6H2;2H2,(H,3,4). The Morgan fingerprint density at radius 3 is 1.20 bits per heavy atom. The van der Waals surface area contributed by atoms with Gasteiger partial charge in [-0.25, -0.2) is 4.79 Å². The predicted molar refractivity (Wildman–Crippen MR) is 39.9 cm³/mol. The van der Waals surface area contributed by atoms with Crippen molar-refractivity contribution in [2.75, 3.05) is 0 Å². The second kappa shape index (κ2) is 6.39. The summed E-state index contributed by atoms with van der Waals surface area (Å²) < 4.78 is 0. The molecule has 0 aromatic carbocycles. The average Bonchev–Trinajstić information content (AvgIpc) is 1.90. The molecule has 1 aliphatic carbocycles. The van der Waals surface area contributed by atoms with Crippen molar-refractivity contribution in [1.82, 2.24) is 0 Å². The van der Waals surface area contributed by atoms with Crippen LogP contribution in [0.3, 0.4) is 0 Å². The van der Waals surface area contributed by atoms with Gasteiger partial charge in [-0.2, -0.15) is 0 Å². The first-order valence-corrected chi connectivity index (χ1v) is 3.72. The van der Waals surface area contributed by atoms with Gasteiger partial charge in [-0.05, 0) is 0 Å². The zero-order valence-corrected chi connectivity index (χ0v) is 6.18. The molecule has 1 rings (SSSR count). The molecule has 0 bridgehead atoms. The van der Waals surface area contributed by atoms with Gasteiger partial charge in [0.15, 0.2) is 0 Å². The number of carboxylic acid groups (broad SMARTS) is 1. The molecule has 10 heavy (non-hydrogen) atoms. The van der Waals surface area contributed by atoms with Gasteiger partial charge in [0.2, 0.25) is 0 Å². The van der Waals surface area contributed by atoms with Gasteiger partial charge in [-0.1, -0.05) is 38.5 Å². The Morgan fingerprint density at radius 1 is 1.00 bits per heavy atom. The summed E-state index contributed by atoms with van der Waals surface area (Å²) in [4.78, 5) is 8.78. The van der Waals surface area contributed by atoms with E-state index in [1.807, 2.05) is 0 Å². The Morgan fingerprint density at radius 2 is 1.10 bits per heavy atom. The van der Waals surface area contributed by atoms with E-state index in [2.05, 4.69) is 5.73 Å². The Balaban J connectivity index is 0.000000180. The van der Waals surface area contributed by atoms with Crippen LogP contribution in [0.1, 0.15) is 38.5 Å². The molecule has 0 radical (unpaired) electrons.